The molecule has 0 aliphatic heterocycles. The molecule has 64 valence electrons. The minimum Gasteiger partial charge on any atom is -0.298 e. The third-order valence-corrected chi connectivity index (χ3v) is 1.83. The molecule has 1 heterocycles. The Labute approximate surface area is 75.8 Å². The van der Waals surface area contributed by atoms with Crippen molar-refractivity contribution in [3.8, 4) is 0 Å². The van der Waals surface area contributed by atoms with Gasteiger partial charge in [0, 0.05) is 0 Å². The summed E-state index contributed by atoms with van der Waals surface area (Å²) in [5.41, 5.74) is 1.12. The molecule has 0 fully saturated rings. The number of halogens is 1. The average Bonchev–Trinajstić information content (AvgIpc) is 2.03. The molecule has 1 aromatic rings. The molecule has 0 amide bonds. The summed E-state index contributed by atoms with van der Waals surface area (Å²) >= 11 is 5.73. The van der Waals surface area contributed by atoms with Crippen LogP contribution in [0, 0.1) is 6.92 Å². The molecule has 1 rings (SSSR count). The second kappa shape index (κ2) is 3.63. The minimum atomic E-state index is 0.245. The monoisotopic (exact) mass is 184 g/mol. The number of aryl methyl sites for hydroxylation is 2. The van der Waals surface area contributed by atoms with Crippen LogP contribution < -0.4 is 0 Å². The van der Waals surface area contributed by atoms with Gasteiger partial charge in [0.05, 0.1) is 11.3 Å². The van der Waals surface area contributed by atoms with Crippen molar-refractivity contribution < 1.29 is 4.79 Å². The molecule has 0 radical (unpaired) electrons. The van der Waals surface area contributed by atoms with E-state index in [4.69, 9.17) is 11.6 Å². The summed E-state index contributed by atoms with van der Waals surface area (Å²) in [6, 6.07) is 0. The van der Waals surface area contributed by atoms with Gasteiger partial charge in [-0.2, -0.15) is 0 Å². The standard InChI is InChI=1S/C8H9ClN2O/c1-3-7-6(4-12)8(9)11-5(2)10-7/h4H,3H2,1-2H3. The van der Waals surface area contributed by atoms with Crippen LogP contribution in [-0.2, 0) is 6.42 Å². The van der Waals surface area contributed by atoms with Gasteiger partial charge in [-0.3, -0.25) is 4.79 Å². The summed E-state index contributed by atoms with van der Waals surface area (Å²) in [4.78, 5) is 18.5. The van der Waals surface area contributed by atoms with Gasteiger partial charge >= 0.3 is 0 Å². The van der Waals surface area contributed by atoms with Crippen LogP contribution in [0.15, 0.2) is 0 Å². The van der Waals surface area contributed by atoms with Crippen LogP contribution in [0.3, 0.4) is 0 Å². The van der Waals surface area contributed by atoms with Gasteiger partial charge in [0.2, 0.25) is 0 Å². The summed E-state index contributed by atoms with van der Waals surface area (Å²) in [6.45, 7) is 3.67. The molecule has 3 nitrogen and oxygen atoms in total. The number of hydrogen-bond donors (Lipinski definition) is 0. The van der Waals surface area contributed by atoms with Crippen molar-refractivity contribution in [1.29, 1.82) is 0 Å². The zero-order valence-corrected chi connectivity index (χ0v) is 7.72. The summed E-state index contributed by atoms with van der Waals surface area (Å²) in [5, 5.41) is 0.245. The Kier molecular flexibility index (Phi) is 2.76. The van der Waals surface area contributed by atoms with Crippen LogP contribution in [-0.4, -0.2) is 16.3 Å². The molecule has 0 aliphatic carbocycles. The Morgan fingerprint density at radius 3 is 2.67 bits per heavy atom. The van der Waals surface area contributed by atoms with Crippen LogP contribution in [0.2, 0.25) is 5.15 Å². The van der Waals surface area contributed by atoms with E-state index in [-0.39, 0.29) is 5.15 Å². The highest BCUT2D eigenvalue weighted by Gasteiger charge is 2.08. The molecule has 0 aliphatic rings. The van der Waals surface area contributed by atoms with Crippen molar-refractivity contribution in [2.24, 2.45) is 0 Å². The molecule has 1 aromatic heterocycles. The molecule has 0 atom stereocenters. The van der Waals surface area contributed by atoms with Gasteiger partial charge in [-0.15, -0.1) is 0 Å². The fourth-order valence-corrected chi connectivity index (χ4v) is 1.26. The van der Waals surface area contributed by atoms with E-state index in [0.29, 0.717) is 29.8 Å². The average molecular weight is 185 g/mol. The molecule has 0 aromatic carbocycles. The molecule has 0 saturated heterocycles. The largest absolute Gasteiger partial charge is 0.298 e. The summed E-state index contributed by atoms with van der Waals surface area (Å²) < 4.78 is 0. The second-order valence-corrected chi connectivity index (χ2v) is 2.75. The fourth-order valence-electron chi connectivity index (χ4n) is 0.988. The number of carbonyl (C=O) groups is 1. The Bertz CT molecular complexity index is 312. The Balaban J connectivity index is 3.33. The van der Waals surface area contributed by atoms with E-state index in [1.807, 2.05) is 6.92 Å². The number of hydrogen-bond acceptors (Lipinski definition) is 3. The maximum Gasteiger partial charge on any atom is 0.155 e. The van der Waals surface area contributed by atoms with E-state index in [0.717, 1.165) is 0 Å². The maximum absolute atomic E-state index is 10.6. The Hall–Kier alpha value is -0.960. The highest BCUT2D eigenvalue weighted by Crippen LogP contribution is 2.14. The van der Waals surface area contributed by atoms with E-state index in [1.165, 1.54) is 0 Å². The smallest absolute Gasteiger partial charge is 0.155 e. The summed E-state index contributed by atoms with van der Waals surface area (Å²) in [6.07, 6.45) is 1.39. The molecule has 0 N–H and O–H groups in total. The first kappa shape index (κ1) is 9.13. The van der Waals surface area contributed by atoms with Gasteiger partial charge < -0.3 is 0 Å². The van der Waals surface area contributed by atoms with Gasteiger partial charge in [-0.1, -0.05) is 18.5 Å². The normalized spacial score (nSPS) is 9.92. The molecule has 12 heavy (non-hydrogen) atoms. The van der Waals surface area contributed by atoms with E-state index >= 15 is 0 Å². The molecular formula is C8H9ClN2O. The Morgan fingerprint density at radius 1 is 1.50 bits per heavy atom. The van der Waals surface area contributed by atoms with Gasteiger partial charge in [0.15, 0.2) is 6.29 Å². The van der Waals surface area contributed by atoms with Gasteiger partial charge in [0.1, 0.15) is 11.0 Å². The SMILES string of the molecule is CCc1nc(C)nc(Cl)c1C=O. The number of rotatable bonds is 2. The zero-order valence-electron chi connectivity index (χ0n) is 6.97. The van der Waals surface area contributed by atoms with Crippen LogP contribution in [0.25, 0.3) is 0 Å². The zero-order chi connectivity index (χ0) is 9.14. The van der Waals surface area contributed by atoms with Crippen molar-refractivity contribution in [1.82, 2.24) is 9.97 Å². The predicted octanol–water partition coefficient (Wildman–Crippen LogP) is 1.81. The lowest BCUT2D eigenvalue weighted by molar-refractivity contribution is 0.112. The quantitative estimate of drug-likeness (QED) is 0.520. The van der Waals surface area contributed by atoms with Crippen molar-refractivity contribution in [2.45, 2.75) is 20.3 Å². The number of aldehydes is 1. The first-order valence-corrected chi connectivity index (χ1v) is 4.05. The van der Waals surface area contributed by atoms with Crippen molar-refractivity contribution in [3.63, 3.8) is 0 Å². The second-order valence-electron chi connectivity index (χ2n) is 2.39. The van der Waals surface area contributed by atoms with Gasteiger partial charge in [-0.25, -0.2) is 9.97 Å². The van der Waals surface area contributed by atoms with E-state index < -0.39 is 0 Å². The van der Waals surface area contributed by atoms with Crippen molar-refractivity contribution >= 4 is 17.9 Å². The number of aromatic nitrogens is 2. The van der Waals surface area contributed by atoms with Crippen LogP contribution >= 0.6 is 11.6 Å². The third kappa shape index (κ3) is 1.61. The van der Waals surface area contributed by atoms with Crippen LogP contribution in [0.1, 0.15) is 28.8 Å². The minimum absolute atomic E-state index is 0.245. The predicted molar refractivity (Wildman–Crippen MR) is 46.5 cm³/mol. The van der Waals surface area contributed by atoms with E-state index in [9.17, 15) is 4.79 Å². The Morgan fingerprint density at radius 2 is 2.17 bits per heavy atom. The topological polar surface area (TPSA) is 42.9 Å². The molecule has 4 heteroatoms. The molecule has 0 saturated carbocycles. The fraction of sp³-hybridized carbons (Fsp3) is 0.375. The van der Waals surface area contributed by atoms with E-state index in [1.54, 1.807) is 6.92 Å². The molecule has 0 bridgehead atoms. The first-order chi connectivity index (χ1) is 5.69. The lowest BCUT2D eigenvalue weighted by atomic mass is 10.2. The van der Waals surface area contributed by atoms with Gasteiger partial charge in [-0.05, 0) is 13.3 Å². The first-order valence-electron chi connectivity index (χ1n) is 3.67. The van der Waals surface area contributed by atoms with Crippen LogP contribution in [0.4, 0.5) is 0 Å². The van der Waals surface area contributed by atoms with Crippen molar-refractivity contribution in [2.75, 3.05) is 0 Å². The highest BCUT2D eigenvalue weighted by molar-refractivity contribution is 6.31. The van der Waals surface area contributed by atoms with E-state index in [2.05, 4.69) is 9.97 Å². The lowest BCUT2D eigenvalue weighted by Crippen LogP contribution is -2.01. The third-order valence-electron chi connectivity index (χ3n) is 1.54. The lowest BCUT2D eigenvalue weighted by Gasteiger charge is -2.02. The maximum atomic E-state index is 10.6. The van der Waals surface area contributed by atoms with Crippen LogP contribution in [0.5, 0.6) is 0 Å². The highest BCUT2D eigenvalue weighted by atomic mass is 35.5. The molecule has 0 spiro atoms. The van der Waals surface area contributed by atoms with Crippen molar-refractivity contribution in [3.05, 3.63) is 22.2 Å². The number of carbonyl (C=O) groups excluding carboxylic acids is 1. The summed E-state index contributed by atoms with van der Waals surface area (Å²) in [5.74, 6) is 0.599. The summed E-state index contributed by atoms with van der Waals surface area (Å²) in [7, 11) is 0. The molecule has 0 unspecified atom stereocenters. The van der Waals surface area contributed by atoms with Gasteiger partial charge in [0.25, 0.3) is 0 Å². The molecular weight excluding hydrogens is 176 g/mol. The number of nitrogens with zero attached hydrogens (tertiary/aromatic N) is 2.